The summed E-state index contributed by atoms with van der Waals surface area (Å²) in [4.78, 5) is 0.562. The van der Waals surface area contributed by atoms with Gasteiger partial charge in [0.15, 0.2) is 9.84 Å². The van der Waals surface area contributed by atoms with Crippen molar-refractivity contribution in [3.8, 4) is 5.75 Å². The van der Waals surface area contributed by atoms with Crippen LogP contribution in [0.3, 0.4) is 0 Å². The number of nitrogens with two attached hydrogens (primary N) is 1. The Hall–Kier alpha value is -1.92. The lowest BCUT2D eigenvalue weighted by molar-refractivity contribution is 0.414. The van der Waals surface area contributed by atoms with Crippen molar-refractivity contribution in [1.82, 2.24) is 0 Å². The largest absolute Gasteiger partial charge is 0.497 e. The first-order valence-corrected chi connectivity index (χ1v) is 9.55. The smallest absolute Gasteiger partial charge is 0.182 e. The molecule has 0 radical (unpaired) electrons. The Morgan fingerprint density at radius 2 is 1.67 bits per heavy atom. The molecule has 0 bridgehead atoms. The molecule has 1 aliphatic carbocycles. The topological polar surface area (TPSA) is 69.4 Å². The van der Waals surface area contributed by atoms with Gasteiger partial charge in [-0.05, 0) is 36.8 Å². The van der Waals surface area contributed by atoms with Crippen LogP contribution in [0.25, 0.3) is 0 Å². The third-order valence-electron chi connectivity index (χ3n) is 4.49. The summed E-state index contributed by atoms with van der Waals surface area (Å²) in [5.41, 5.74) is 7.74. The van der Waals surface area contributed by atoms with Crippen LogP contribution in [0.15, 0.2) is 53.4 Å². The molecule has 1 aliphatic rings. The zero-order valence-corrected chi connectivity index (χ0v) is 15.1. The van der Waals surface area contributed by atoms with E-state index in [4.69, 9.17) is 22.7 Å². The van der Waals surface area contributed by atoms with Gasteiger partial charge in [-0.15, -0.1) is 0 Å². The second-order valence-corrected chi connectivity index (χ2v) is 8.63. The highest BCUT2D eigenvalue weighted by atomic mass is 32.2. The van der Waals surface area contributed by atoms with Gasteiger partial charge >= 0.3 is 0 Å². The van der Waals surface area contributed by atoms with Gasteiger partial charge in [0.2, 0.25) is 0 Å². The lowest BCUT2D eigenvalue weighted by atomic mass is 10.1. The second kappa shape index (κ2) is 6.18. The van der Waals surface area contributed by atoms with Gasteiger partial charge in [-0.3, -0.25) is 0 Å². The normalized spacial score (nSPS) is 22.8. The third-order valence-corrected chi connectivity index (χ3v) is 7.00. The molecule has 0 aliphatic heterocycles. The number of sulfone groups is 1. The standard InChI is InChI=1S/C18H19NO3S2/c1-11-3-9-14(10-4-11)24(20,21)17-15(16(17)18(19)23)12-5-7-13(22-2)8-6-12/h3-10,15-17H,1-2H3,(H2,19,23)/t15-,16-,17+/m1/s1. The number of thiocarbonyl (C=S) groups is 1. The molecule has 1 saturated carbocycles. The van der Waals surface area contributed by atoms with E-state index >= 15 is 0 Å². The van der Waals surface area contributed by atoms with Crippen molar-refractivity contribution >= 4 is 27.0 Å². The number of aryl methyl sites for hydroxylation is 1. The molecule has 1 fully saturated rings. The molecule has 0 saturated heterocycles. The summed E-state index contributed by atoms with van der Waals surface area (Å²) >= 11 is 5.11. The molecular weight excluding hydrogens is 342 g/mol. The van der Waals surface area contributed by atoms with Crippen LogP contribution < -0.4 is 10.5 Å². The first-order valence-electron chi connectivity index (χ1n) is 7.60. The van der Waals surface area contributed by atoms with Crippen LogP contribution in [0.4, 0.5) is 0 Å². The number of rotatable bonds is 5. The van der Waals surface area contributed by atoms with Gasteiger partial charge in [0.05, 0.1) is 22.2 Å². The van der Waals surface area contributed by atoms with Crippen molar-refractivity contribution in [2.75, 3.05) is 7.11 Å². The molecule has 4 nitrogen and oxygen atoms in total. The van der Waals surface area contributed by atoms with E-state index in [-0.39, 0.29) is 16.8 Å². The summed E-state index contributed by atoms with van der Waals surface area (Å²) in [6, 6.07) is 14.3. The minimum atomic E-state index is -3.49. The summed E-state index contributed by atoms with van der Waals surface area (Å²) in [6.07, 6.45) is 0. The van der Waals surface area contributed by atoms with Crippen molar-refractivity contribution in [1.29, 1.82) is 0 Å². The molecule has 2 aromatic rings. The monoisotopic (exact) mass is 361 g/mol. The first kappa shape index (κ1) is 16.9. The van der Waals surface area contributed by atoms with Gasteiger partial charge < -0.3 is 10.5 Å². The van der Waals surface area contributed by atoms with Crippen LogP contribution in [-0.2, 0) is 9.84 Å². The number of hydrogen-bond acceptors (Lipinski definition) is 4. The molecule has 2 aromatic carbocycles. The molecule has 0 heterocycles. The second-order valence-electron chi connectivity index (χ2n) is 6.05. The predicted molar refractivity (Wildman–Crippen MR) is 98.2 cm³/mol. The van der Waals surface area contributed by atoms with Crippen molar-refractivity contribution in [2.24, 2.45) is 11.7 Å². The predicted octanol–water partition coefficient (Wildman–Crippen LogP) is 2.85. The van der Waals surface area contributed by atoms with Crippen LogP contribution in [-0.4, -0.2) is 25.8 Å². The van der Waals surface area contributed by atoms with Crippen LogP contribution >= 0.6 is 12.2 Å². The van der Waals surface area contributed by atoms with E-state index in [9.17, 15) is 8.42 Å². The average molecular weight is 361 g/mol. The van der Waals surface area contributed by atoms with E-state index in [2.05, 4.69) is 0 Å². The van der Waals surface area contributed by atoms with Gasteiger partial charge in [-0.2, -0.15) is 0 Å². The van der Waals surface area contributed by atoms with E-state index < -0.39 is 15.1 Å². The number of benzene rings is 2. The van der Waals surface area contributed by atoms with Crippen LogP contribution in [0.2, 0.25) is 0 Å². The first-order chi connectivity index (χ1) is 11.4. The summed E-state index contributed by atoms with van der Waals surface area (Å²) in [7, 11) is -1.90. The maximum Gasteiger partial charge on any atom is 0.182 e. The fourth-order valence-electron chi connectivity index (χ4n) is 3.12. The fourth-order valence-corrected chi connectivity index (χ4v) is 5.65. The van der Waals surface area contributed by atoms with E-state index in [1.165, 1.54) is 0 Å². The average Bonchev–Trinajstić information content (AvgIpc) is 3.32. The van der Waals surface area contributed by atoms with Crippen molar-refractivity contribution in [3.63, 3.8) is 0 Å². The molecule has 0 unspecified atom stereocenters. The molecule has 0 spiro atoms. The van der Waals surface area contributed by atoms with Gasteiger partial charge in [-0.1, -0.05) is 42.0 Å². The molecule has 6 heteroatoms. The van der Waals surface area contributed by atoms with Crippen molar-refractivity contribution < 1.29 is 13.2 Å². The Bertz CT molecular complexity index is 858. The van der Waals surface area contributed by atoms with E-state index in [0.717, 1.165) is 16.9 Å². The highest BCUT2D eigenvalue weighted by molar-refractivity contribution is 7.92. The SMILES string of the molecule is COc1ccc([C@@H]2[C@@H](C(N)=S)[C@H]2S(=O)(=O)c2ccc(C)cc2)cc1. The van der Waals surface area contributed by atoms with Gasteiger partial charge in [-0.25, -0.2) is 8.42 Å². The summed E-state index contributed by atoms with van der Waals surface area (Å²) < 4.78 is 31.1. The maximum atomic E-state index is 13.0. The molecule has 0 amide bonds. The molecule has 2 N–H and O–H groups in total. The zero-order chi connectivity index (χ0) is 17.5. The Morgan fingerprint density at radius 1 is 1.08 bits per heavy atom. The Balaban J connectivity index is 1.96. The summed E-state index contributed by atoms with van der Waals surface area (Å²) in [5.74, 6) is 0.184. The highest BCUT2D eigenvalue weighted by Gasteiger charge is 2.60. The Morgan fingerprint density at radius 3 is 2.17 bits per heavy atom. The molecule has 3 atom stereocenters. The van der Waals surface area contributed by atoms with Crippen molar-refractivity contribution in [3.05, 3.63) is 59.7 Å². The quantitative estimate of drug-likeness (QED) is 0.830. The Kier molecular flexibility index (Phi) is 4.36. The maximum absolute atomic E-state index is 13.0. The number of ether oxygens (including phenoxy) is 1. The molecule has 24 heavy (non-hydrogen) atoms. The third kappa shape index (κ3) is 2.91. The summed E-state index contributed by atoms with van der Waals surface area (Å²) in [5, 5.41) is -0.605. The molecular formula is C18H19NO3S2. The number of hydrogen-bond donors (Lipinski definition) is 1. The van der Waals surface area contributed by atoms with E-state index in [0.29, 0.717) is 4.90 Å². The van der Waals surface area contributed by atoms with E-state index in [1.54, 1.807) is 31.4 Å². The van der Waals surface area contributed by atoms with Crippen LogP contribution in [0.5, 0.6) is 5.75 Å². The van der Waals surface area contributed by atoms with Gasteiger partial charge in [0.25, 0.3) is 0 Å². The summed E-state index contributed by atoms with van der Waals surface area (Å²) in [6.45, 7) is 1.92. The molecule has 0 aromatic heterocycles. The Labute approximate surface area is 147 Å². The highest BCUT2D eigenvalue weighted by Crippen LogP contribution is 2.54. The van der Waals surface area contributed by atoms with Gasteiger partial charge in [0, 0.05) is 11.8 Å². The molecule has 126 valence electrons. The van der Waals surface area contributed by atoms with Crippen molar-refractivity contribution in [2.45, 2.75) is 23.0 Å². The number of methoxy groups -OCH3 is 1. The fraction of sp³-hybridized carbons (Fsp3) is 0.278. The molecule has 3 rings (SSSR count). The lowest BCUT2D eigenvalue weighted by Gasteiger charge is -2.05. The van der Waals surface area contributed by atoms with E-state index in [1.807, 2.05) is 31.2 Å². The zero-order valence-electron chi connectivity index (χ0n) is 13.5. The van der Waals surface area contributed by atoms with Crippen LogP contribution in [0.1, 0.15) is 17.0 Å². The lowest BCUT2D eigenvalue weighted by Crippen LogP contribution is -2.17. The minimum Gasteiger partial charge on any atom is -0.497 e. The van der Waals surface area contributed by atoms with Crippen LogP contribution in [0, 0.1) is 12.8 Å². The minimum absolute atomic E-state index is 0.209. The van der Waals surface area contributed by atoms with Gasteiger partial charge in [0.1, 0.15) is 5.75 Å².